The fourth-order valence-corrected chi connectivity index (χ4v) is 3.28. The predicted octanol–water partition coefficient (Wildman–Crippen LogP) is 3.42. The number of aromatic nitrogens is 1. The summed E-state index contributed by atoms with van der Waals surface area (Å²) in [6.45, 7) is 3.12. The van der Waals surface area contributed by atoms with E-state index >= 15 is 0 Å². The molecule has 168 valence electrons. The van der Waals surface area contributed by atoms with Crippen molar-refractivity contribution >= 4 is 5.91 Å². The Bertz CT molecular complexity index is 1090. The first-order valence-electron chi connectivity index (χ1n) is 10.4. The van der Waals surface area contributed by atoms with Gasteiger partial charge in [-0.2, -0.15) is 0 Å². The molecule has 1 aromatic heterocycles. The van der Waals surface area contributed by atoms with Crippen molar-refractivity contribution in [2.45, 2.75) is 19.5 Å². The molecule has 1 heterocycles. The molecule has 7 nitrogen and oxygen atoms in total. The third-order valence-corrected chi connectivity index (χ3v) is 5.04. The van der Waals surface area contributed by atoms with Crippen molar-refractivity contribution < 1.29 is 19.0 Å². The summed E-state index contributed by atoms with van der Waals surface area (Å²) in [4.78, 5) is 25.7. The van der Waals surface area contributed by atoms with Gasteiger partial charge in [-0.15, -0.1) is 0 Å². The van der Waals surface area contributed by atoms with E-state index in [2.05, 4.69) is 5.32 Å². The standard InChI is InChI=1S/C25H28N2O5/c1-18(20-11-12-22(23(16-20)31-3)32-15-14-30-2)26-24(28)21-10-7-13-27(25(21)29)17-19-8-5-4-6-9-19/h4-13,16,18H,14-15,17H2,1-3H3,(H,26,28). The van der Waals surface area contributed by atoms with Crippen LogP contribution in [0.4, 0.5) is 0 Å². The van der Waals surface area contributed by atoms with Crippen molar-refractivity contribution in [3.63, 3.8) is 0 Å². The van der Waals surface area contributed by atoms with E-state index in [0.717, 1.165) is 11.1 Å². The Morgan fingerprint density at radius 2 is 1.78 bits per heavy atom. The number of ether oxygens (including phenoxy) is 3. The first-order valence-corrected chi connectivity index (χ1v) is 10.4. The van der Waals surface area contributed by atoms with Crippen molar-refractivity contribution in [2.75, 3.05) is 27.4 Å². The van der Waals surface area contributed by atoms with E-state index in [4.69, 9.17) is 14.2 Å². The van der Waals surface area contributed by atoms with Crippen LogP contribution in [0.3, 0.4) is 0 Å². The van der Waals surface area contributed by atoms with E-state index in [0.29, 0.717) is 31.3 Å². The lowest BCUT2D eigenvalue weighted by Crippen LogP contribution is -2.34. The van der Waals surface area contributed by atoms with Gasteiger partial charge in [-0.25, -0.2) is 0 Å². The van der Waals surface area contributed by atoms with Gasteiger partial charge in [0, 0.05) is 13.3 Å². The number of nitrogens with one attached hydrogen (secondary N) is 1. The predicted molar refractivity (Wildman–Crippen MR) is 122 cm³/mol. The number of amides is 1. The first-order chi connectivity index (χ1) is 15.5. The van der Waals surface area contributed by atoms with E-state index < -0.39 is 5.91 Å². The summed E-state index contributed by atoms with van der Waals surface area (Å²) in [5.74, 6) is 0.729. The van der Waals surface area contributed by atoms with Crippen LogP contribution in [-0.4, -0.2) is 37.9 Å². The van der Waals surface area contributed by atoms with Crippen LogP contribution < -0.4 is 20.3 Å². The molecule has 1 N–H and O–H groups in total. The molecule has 0 radical (unpaired) electrons. The number of rotatable bonds is 10. The van der Waals surface area contributed by atoms with Crippen LogP contribution in [0.2, 0.25) is 0 Å². The minimum absolute atomic E-state index is 0.0989. The molecule has 2 aromatic carbocycles. The Labute approximate surface area is 187 Å². The molecular formula is C25H28N2O5. The SMILES string of the molecule is COCCOc1ccc(C(C)NC(=O)c2cccn(Cc3ccccc3)c2=O)cc1OC. The van der Waals surface area contributed by atoms with Crippen LogP contribution in [-0.2, 0) is 11.3 Å². The van der Waals surface area contributed by atoms with Gasteiger partial charge >= 0.3 is 0 Å². The maximum Gasteiger partial charge on any atom is 0.263 e. The maximum absolute atomic E-state index is 12.9. The smallest absolute Gasteiger partial charge is 0.263 e. The highest BCUT2D eigenvalue weighted by Gasteiger charge is 2.17. The minimum Gasteiger partial charge on any atom is -0.493 e. The van der Waals surface area contributed by atoms with Gasteiger partial charge in [0.1, 0.15) is 12.2 Å². The number of hydrogen-bond acceptors (Lipinski definition) is 5. The van der Waals surface area contributed by atoms with Gasteiger partial charge < -0.3 is 24.1 Å². The summed E-state index contributed by atoms with van der Waals surface area (Å²) in [7, 11) is 3.17. The van der Waals surface area contributed by atoms with Gasteiger partial charge in [-0.1, -0.05) is 36.4 Å². The molecule has 0 spiro atoms. The van der Waals surface area contributed by atoms with Crippen molar-refractivity contribution in [2.24, 2.45) is 0 Å². The highest BCUT2D eigenvalue weighted by atomic mass is 16.5. The summed E-state index contributed by atoms with van der Waals surface area (Å²) in [5.41, 5.74) is 1.58. The van der Waals surface area contributed by atoms with E-state index in [1.807, 2.05) is 49.4 Å². The normalized spacial score (nSPS) is 11.6. The zero-order valence-electron chi connectivity index (χ0n) is 18.5. The summed E-state index contributed by atoms with van der Waals surface area (Å²) in [6, 6.07) is 18.0. The van der Waals surface area contributed by atoms with Gasteiger partial charge in [0.25, 0.3) is 11.5 Å². The van der Waals surface area contributed by atoms with E-state index in [1.54, 1.807) is 38.6 Å². The molecule has 0 saturated carbocycles. The second-order valence-corrected chi connectivity index (χ2v) is 7.29. The van der Waals surface area contributed by atoms with Crippen molar-refractivity contribution in [1.82, 2.24) is 9.88 Å². The topological polar surface area (TPSA) is 78.8 Å². The van der Waals surface area contributed by atoms with Gasteiger partial charge in [-0.3, -0.25) is 9.59 Å². The molecule has 0 aliphatic carbocycles. The third-order valence-electron chi connectivity index (χ3n) is 5.04. The molecule has 7 heteroatoms. The largest absolute Gasteiger partial charge is 0.493 e. The molecule has 1 unspecified atom stereocenters. The fourth-order valence-electron chi connectivity index (χ4n) is 3.28. The highest BCUT2D eigenvalue weighted by molar-refractivity contribution is 5.94. The van der Waals surface area contributed by atoms with Crippen LogP contribution in [0.5, 0.6) is 11.5 Å². The van der Waals surface area contributed by atoms with Gasteiger partial charge in [0.15, 0.2) is 11.5 Å². The summed E-state index contributed by atoms with van der Waals surface area (Å²) in [5, 5.41) is 2.90. The zero-order chi connectivity index (χ0) is 22.9. The number of hydrogen-bond donors (Lipinski definition) is 1. The van der Waals surface area contributed by atoms with E-state index in [-0.39, 0.29) is 17.2 Å². The lowest BCUT2D eigenvalue weighted by atomic mass is 10.1. The molecule has 1 amide bonds. The molecule has 0 aliphatic heterocycles. The minimum atomic E-state index is -0.427. The number of carbonyl (C=O) groups excluding carboxylic acids is 1. The second kappa shape index (κ2) is 11.2. The van der Waals surface area contributed by atoms with Crippen LogP contribution in [0.15, 0.2) is 71.7 Å². The van der Waals surface area contributed by atoms with Crippen molar-refractivity contribution in [1.29, 1.82) is 0 Å². The van der Waals surface area contributed by atoms with Crippen LogP contribution in [0, 0.1) is 0 Å². The Hall–Kier alpha value is -3.58. The Morgan fingerprint density at radius 1 is 1.00 bits per heavy atom. The van der Waals surface area contributed by atoms with Crippen LogP contribution in [0.25, 0.3) is 0 Å². The quantitative estimate of drug-likeness (QED) is 0.493. The zero-order valence-corrected chi connectivity index (χ0v) is 18.5. The van der Waals surface area contributed by atoms with Crippen LogP contribution in [0.1, 0.15) is 34.5 Å². The van der Waals surface area contributed by atoms with Crippen molar-refractivity contribution in [3.05, 3.63) is 93.9 Å². The van der Waals surface area contributed by atoms with Gasteiger partial charge in [0.05, 0.1) is 26.3 Å². The average Bonchev–Trinajstić information content (AvgIpc) is 2.81. The molecule has 0 aliphatic rings. The molecule has 3 rings (SSSR count). The summed E-state index contributed by atoms with van der Waals surface area (Å²) >= 11 is 0. The Balaban J connectivity index is 1.73. The lowest BCUT2D eigenvalue weighted by Gasteiger charge is -2.17. The average molecular weight is 437 g/mol. The number of methoxy groups -OCH3 is 2. The Morgan fingerprint density at radius 3 is 2.50 bits per heavy atom. The monoisotopic (exact) mass is 436 g/mol. The molecule has 1 atom stereocenters. The van der Waals surface area contributed by atoms with Gasteiger partial charge in [-0.05, 0) is 42.3 Å². The molecule has 0 saturated heterocycles. The molecule has 0 fully saturated rings. The fraction of sp³-hybridized carbons (Fsp3) is 0.280. The third kappa shape index (κ3) is 5.76. The van der Waals surface area contributed by atoms with E-state index in [1.165, 1.54) is 4.57 Å². The number of pyridine rings is 1. The number of benzene rings is 2. The number of nitrogens with zero attached hydrogens (tertiary/aromatic N) is 1. The molecular weight excluding hydrogens is 408 g/mol. The summed E-state index contributed by atoms with van der Waals surface area (Å²) < 4.78 is 17.6. The molecule has 3 aromatic rings. The number of carbonyl (C=O) groups is 1. The first kappa shape index (κ1) is 23.1. The lowest BCUT2D eigenvalue weighted by molar-refractivity contribution is 0.0937. The van der Waals surface area contributed by atoms with E-state index in [9.17, 15) is 9.59 Å². The second-order valence-electron chi connectivity index (χ2n) is 7.29. The van der Waals surface area contributed by atoms with Crippen LogP contribution >= 0.6 is 0 Å². The molecule has 32 heavy (non-hydrogen) atoms. The maximum atomic E-state index is 12.9. The highest BCUT2D eigenvalue weighted by Crippen LogP contribution is 2.30. The molecule has 0 bridgehead atoms. The Kier molecular flexibility index (Phi) is 8.05. The van der Waals surface area contributed by atoms with Crippen molar-refractivity contribution in [3.8, 4) is 11.5 Å². The van der Waals surface area contributed by atoms with Gasteiger partial charge in [0.2, 0.25) is 0 Å². The summed E-state index contributed by atoms with van der Waals surface area (Å²) in [6.07, 6.45) is 1.68.